The van der Waals surface area contributed by atoms with Crippen LogP contribution in [-0.2, 0) is 5.41 Å². The molecule has 8 aromatic rings. The van der Waals surface area contributed by atoms with Crippen LogP contribution in [0, 0.1) is 0 Å². The number of benzene rings is 7. The summed E-state index contributed by atoms with van der Waals surface area (Å²) in [5.41, 5.74) is 13.1. The van der Waals surface area contributed by atoms with Gasteiger partial charge in [-0.2, -0.15) is 0 Å². The molecule has 0 bridgehead atoms. The molecule has 0 atom stereocenters. The van der Waals surface area contributed by atoms with E-state index >= 15 is 0 Å². The van der Waals surface area contributed by atoms with Gasteiger partial charge in [0.1, 0.15) is 22.7 Å². The van der Waals surface area contributed by atoms with E-state index in [1.54, 1.807) is 0 Å². The molecule has 0 unspecified atom stereocenters. The number of hydrogen-bond acceptors (Lipinski definition) is 3. The molecular weight excluding hydrogens is 562 g/mol. The van der Waals surface area contributed by atoms with Gasteiger partial charge in [0, 0.05) is 33.3 Å². The largest absolute Gasteiger partial charge is 0.457 e. The van der Waals surface area contributed by atoms with Crippen LogP contribution in [0.15, 0.2) is 162 Å². The maximum Gasteiger partial charge on any atom is 0.136 e. The Morgan fingerprint density at radius 2 is 1.04 bits per heavy atom. The van der Waals surface area contributed by atoms with Crippen LogP contribution >= 0.6 is 0 Å². The second-order valence-corrected chi connectivity index (χ2v) is 12.1. The Labute approximate surface area is 266 Å². The lowest BCUT2D eigenvalue weighted by atomic mass is 9.66. The lowest BCUT2D eigenvalue weighted by molar-refractivity contribution is 0.436. The molecule has 1 aromatic heterocycles. The van der Waals surface area contributed by atoms with Gasteiger partial charge >= 0.3 is 0 Å². The molecular formula is C43H27NO2. The molecule has 1 aliphatic heterocycles. The van der Waals surface area contributed by atoms with Crippen molar-refractivity contribution in [2.45, 2.75) is 5.41 Å². The van der Waals surface area contributed by atoms with Gasteiger partial charge in [-0.3, -0.25) is 0 Å². The Bertz CT molecular complexity index is 2440. The van der Waals surface area contributed by atoms with Gasteiger partial charge in [0.05, 0.1) is 5.41 Å². The fourth-order valence-corrected chi connectivity index (χ4v) is 7.85. The van der Waals surface area contributed by atoms with Gasteiger partial charge in [0.25, 0.3) is 0 Å². The molecule has 0 fully saturated rings. The van der Waals surface area contributed by atoms with Crippen LogP contribution in [0.4, 0.5) is 11.4 Å². The highest BCUT2D eigenvalue weighted by Gasteiger charge is 2.50. The van der Waals surface area contributed by atoms with E-state index in [1.165, 1.54) is 33.4 Å². The van der Waals surface area contributed by atoms with Crippen molar-refractivity contribution in [3.8, 4) is 33.8 Å². The molecule has 7 aromatic carbocycles. The Balaban J connectivity index is 1.08. The van der Waals surface area contributed by atoms with Crippen molar-refractivity contribution in [1.82, 2.24) is 0 Å². The minimum absolute atomic E-state index is 0.481. The van der Waals surface area contributed by atoms with Crippen molar-refractivity contribution in [1.29, 1.82) is 0 Å². The van der Waals surface area contributed by atoms with Crippen LogP contribution in [-0.4, -0.2) is 0 Å². The molecule has 1 N–H and O–H groups in total. The number of furan rings is 1. The van der Waals surface area contributed by atoms with Crippen LogP contribution in [0.25, 0.3) is 44.2 Å². The van der Waals surface area contributed by atoms with Gasteiger partial charge in [0.2, 0.25) is 0 Å². The zero-order valence-electron chi connectivity index (χ0n) is 24.8. The average Bonchev–Trinajstić information content (AvgIpc) is 3.64. The SMILES string of the molecule is c1ccc2c(c1)Oc1ccc(Nc3ccc(-c4cccc5oc6ccccc6c45)cc3)cc1C21c2ccccc2-c2ccccc21. The zero-order chi connectivity index (χ0) is 30.2. The first-order chi connectivity index (χ1) is 22.8. The first kappa shape index (κ1) is 25.3. The van der Waals surface area contributed by atoms with Crippen LogP contribution in [0.2, 0.25) is 0 Å². The van der Waals surface area contributed by atoms with Gasteiger partial charge in [-0.05, 0) is 81.9 Å². The molecule has 0 saturated heterocycles. The number of fused-ring (bicyclic) bond motifs is 12. The molecule has 0 saturated carbocycles. The van der Waals surface area contributed by atoms with Crippen LogP contribution in [0.3, 0.4) is 0 Å². The summed E-state index contributed by atoms with van der Waals surface area (Å²) in [5.74, 6) is 1.78. The number of nitrogens with one attached hydrogen (secondary N) is 1. The predicted molar refractivity (Wildman–Crippen MR) is 186 cm³/mol. The third-order valence-corrected chi connectivity index (χ3v) is 9.73. The Hall–Kier alpha value is -6.06. The summed E-state index contributed by atoms with van der Waals surface area (Å²) in [5, 5.41) is 5.98. The summed E-state index contributed by atoms with van der Waals surface area (Å²) in [6, 6.07) is 55.8. The van der Waals surface area contributed by atoms with E-state index in [9.17, 15) is 0 Å². The maximum absolute atomic E-state index is 6.59. The lowest BCUT2D eigenvalue weighted by Gasteiger charge is -2.39. The molecule has 1 spiro atoms. The Morgan fingerprint density at radius 1 is 0.435 bits per heavy atom. The number of hydrogen-bond donors (Lipinski definition) is 1. The minimum atomic E-state index is -0.481. The van der Waals surface area contributed by atoms with E-state index in [-0.39, 0.29) is 0 Å². The summed E-state index contributed by atoms with van der Waals surface area (Å²) in [7, 11) is 0. The first-order valence-electron chi connectivity index (χ1n) is 15.7. The molecule has 46 heavy (non-hydrogen) atoms. The molecule has 1 aliphatic carbocycles. The molecule has 10 rings (SSSR count). The second kappa shape index (κ2) is 9.47. The fourth-order valence-electron chi connectivity index (χ4n) is 7.85. The van der Waals surface area contributed by atoms with Crippen LogP contribution in [0.1, 0.15) is 22.3 Å². The van der Waals surface area contributed by atoms with E-state index in [4.69, 9.17) is 9.15 Å². The minimum Gasteiger partial charge on any atom is -0.457 e. The molecule has 3 heteroatoms. The molecule has 2 aliphatic rings. The van der Waals surface area contributed by atoms with Crippen molar-refractivity contribution >= 4 is 33.3 Å². The highest BCUT2D eigenvalue weighted by molar-refractivity contribution is 6.12. The van der Waals surface area contributed by atoms with Gasteiger partial charge in [-0.1, -0.05) is 109 Å². The van der Waals surface area contributed by atoms with E-state index < -0.39 is 5.41 Å². The van der Waals surface area contributed by atoms with Gasteiger partial charge < -0.3 is 14.5 Å². The summed E-state index contributed by atoms with van der Waals surface area (Å²) in [4.78, 5) is 0. The third-order valence-electron chi connectivity index (χ3n) is 9.73. The number of anilines is 2. The number of rotatable bonds is 3. The van der Waals surface area contributed by atoms with E-state index in [1.807, 2.05) is 18.2 Å². The predicted octanol–water partition coefficient (Wildman–Crippen LogP) is 11.5. The quantitative estimate of drug-likeness (QED) is 0.223. The molecule has 2 heterocycles. The number of para-hydroxylation sites is 2. The maximum atomic E-state index is 6.59. The molecule has 3 nitrogen and oxygen atoms in total. The average molecular weight is 590 g/mol. The van der Waals surface area contributed by atoms with Crippen molar-refractivity contribution < 1.29 is 9.15 Å². The normalized spacial score (nSPS) is 13.6. The van der Waals surface area contributed by atoms with Crippen LogP contribution < -0.4 is 10.1 Å². The van der Waals surface area contributed by atoms with Gasteiger partial charge in [-0.15, -0.1) is 0 Å². The summed E-state index contributed by atoms with van der Waals surface area (Å²) < 4.78 is 12.7. The van der Waals surface area contributed by atoms with Crippen LogP contribution in [0.5, 0.6) is 11.5 Å². The van der Waals surface area contributed by atoms with Crippen molar-refractivity contribution in [2.75, 3.05) is 5.32 Å². The molecule has 216 valence electrons. The topological polar surface area (TPSA) is 34.4 Å². The number of ether oxygens (including phenoxy) is 1. The van der Waals surface area contributed by atoms with Crippen molar-refractivity contribution in [2.24, 2.45) is 0 Å². The van der Waals surface area contributed by atoms with Gasteiger partial charge in [0.15, 0.2) is 0 Å². The zero-order valence-corrected chi connectivity index (χ0v) is 24.8. The second-order valence-electron chi connectivity index (χ2n) is 12.1. The fraction of sp³-hybridized carbons (Fsp3) is 0.0233. The van der Waals surface area contributed by atoms with E-state index in [0.717, 1.165) is 55.9 Å². The van der Waals surface area contributed by atoms with E-state index in [2.05, 4.69) is 145 Å². The smallest absolute Gasteiger partial charge is 0.136 e. The summed E-state index contributed by atoms with van der Waals surface area (Å²) >= 11 is 0. The Morgan fingerprint density at radius 3 is 1.85 bits per heavy atom. The summed E-state index contributed by atoms with van der Waals surface area (Å²) in [6.45, 7) is 0. The standard InChI is InChI=1S/C43H27NO2/c1-4-14-34-31(10-1)32-11-2-5-15-35(32)43(34)36-16-6-8-18-39(36)46-40-25-24-29(26-37(40)43)44-28-22-20-27(21-23-28)30-13-9-19-41-42(30)33-12-3-7-17-38(33)45-41/h1-26,44H. The highest BCUT2D eigenvalue weighted by Crippen LogP contribution is 2.62. The van der Waals surface area contributed by atoms with Gasteiger partial charge in [-0.25, -0.2) is 0 Å². The first-order valence-corrected chi connectivity index (χ1v) is 15.7. The van der Waals surface area contributed by atoms with Crippen molar-refractivity contribution in [3.63, 3.8) is 0 Å². The molecule has 0 amide bonds. The lowest BCUT2D eigenvalue weighted by Crippen LogP contribution is -2.32. The molecule has 0 radical (unpaired) electrons. The third kappa shape index (κ3) is 3.43. The monoisotopic (exact) mass is 589 g/mol. The highest BCUT2D eigenvalue weighted by atomic mass is 16.5. The Kier molecular flexibility index (Phi) is 5.20. The van der Waals surface area contributed by atoms with Crippen molar-refractivity contribution in [3.05, 3.63) is 180 Å². The summed E-state index contributed by atoms with van der Waals surface area (Å²) in [6.07, 6.45) is 0. The van der Waals surface area contributed by atoms with E-state index in [0.29, 0.717) is 0 Å².